The van der Waals surface area contributed by atoms with Crippen LogP contribution in [0.1, 0.15) is 46.0 Å². The Labute approximate surface area is 122 Å². The first-order chi connectivity index (χ1) is 9.65. The third kappa shape index (κ3) is 4.06. The van der Waals surface area contributed by atoms with Crippen LogP contribution in [0.15, 0.2) is 18.7 Å². The number of nitrogens with two attached hydrogens (primary N) is 1. The van der Waals surface area contributed by atoms with Crippen molar-refractivity contribution < 1.29 is 4.74 Å². The molecule has 1 saturated carbocycles. The van der Waals surface area contributed by atoms with Crippen LogP contribution in [-0.2, 0) is 11.3 Å². The van der Waals surface area contributed by atoms with E-state index in [-0.39, 0.29) is 5.60 Å². The highest BCUT2D eigenvalue weighted by Crippen LogP contribution is 2.37. The number of nitrogens with zero attached hydrogens (tertiary/aromatic N) is 2. The van der Waals surface area contributed by atoms with E-state index < -0.39 is 0 Å². The molecule has 0 atom stereocenters. The van der Waals surface area contributed by atoms with Gasteiger partial charge in [0.15, 0.2) is 0 Å². The van der Waals surface area contributed by atoms with Crippen LogP contribution in [0.5, 0.6) is 0 Å². The summed E-state index contributed by atoms with van der Waals surface area (Å²) in [7, 11) is 0. The van der Waals surface area contributed by atoms with Crippen LogP contribution in [0, 0.1) is 11.8 Å². The van der Waals surface area contributed by atoms with Gasteiger partial charge in [-0.3, -0.25) is 0 Å². The molecule has 1 fully saturated rings. The molecule has 0 aliphatic heterocycles. The van der Waals surface area contributed by atoms with Crippen LogP contribution in [0.3, 0.4) is 0 Å². The SMILES string of the molecule is CC(C)C1CCC(CN)(OCCCn2ccnc2)CC1. The zero-order chi connectivity index (χ0) is 14.4. The molecule has 0 bridgehead atoms. The molecule has 1 aromatic rings. The molecule has 0 radical (unpaired) electrons. The van der Waals surface area contributed by atoms with Gasteiger partial charge in [-0.1, -0.05) is 13.8 Å². The molecule has 2 N–H and O–H groups in total. The first kappa shape index (κ1) is 15.5. The van der Waals surface area contributed by atoms with Gasteiger partial charge in [0, 0.05) is 32.1 Å². The minimum Gasteiger partial charge on any atom is -0.374 e. The van der Waals surface area contributed by atoms with Crippen molar-refractivity contribution in [3.05, 3.63) is 18.7 Å². The van der Waals surface area contributed by atoms with E-state index in [1.165, 1.54) is 12.8 Å². The smallest absolute Gasteiger partial charge is 0.0945 e. The summed E-state index contributed by atoms with van der Waals surface area (Å²) in [6.45, 7) is 7.07. The molecule has 0 saturated heterocycles. The molecule has 1 aliphatic rings. The number of rotatable bonds is 7. The fourth-order valence-corrected chi connectivity index (χ4v) is 3.20. The normalized spacial score (nSPS) is 27.1. The predicted octanol–water partition coefficient (Wildman–Crippen LogP) is 2.83. The minimum absolute atomic E-state index is 0.0552. The average molecular weight is 279 g/mol. The predicted molar refractivity (Wildman–Crippen MR) is 81.4 cm³/mol. The lowest BCUT2D eigenvalue weighted by atomic mass is 9.74. The minimum atomic E-state index is -0.0552. The second-order valence-corrected chi connectivity index (χ2v) is 6.47. The van der Waals surface area contributed by atoms with Crippen molar-refractivity contribution in [3.63, 3.8) is 0 Å². The zero-order valence-electron chi connectivity index (χ0n) is 12.9. The van der Waals surface area contributed by atoms with Gasteiger partial charge in [0.1, 0.15) is 0 Å². The lowest BCUT2D eigenvalue weighted by Gasteiger charge is -2.40. The summed E-state index contributed by atoms with van der Waals surface area (Å²) < 4.78 is 8.28. The summed E-state index contributed by atoms with van der Waals surface area (Å²) in [6, 6.07) is 0. The molecule has 2 rings (SSSR count). The number of aryl methyl sites for hydroxylation is 1. The van der Waals surface area contributed by atoms with E-state index in [4.69, 9.17) is 10.5 Å². The van der Waals surface area contributed by atoms with Gasteiger partial charge < -0.3 is 15.0 Å². The zero-order valence-corrected chi connectivity index (χ0v) is 12.9. The Kier molecular flexibility index (Phi) is 5.61. The van der Waals surface area contributed by atoms with Crippen LogP contribution in [0.2, 0.25) is 0 Å². The summed E-state index contributed by atoms with van der Waals surface area (Å²) in [6.07, 6.45) is 11.4. The molecule has 0 spiro atoms. The number of aromatic nitrogens is 2. The molecule has 4 heteroatoms. The molecule has 0 amide bonds. The molecule has 0 aromatic carbocycles. The number of hydrogen-bond donors (Lipinski definition) is 1. The van der Waals surface area contributed by atoms with E-state index in [2.05, 4.69) is 23.4 Å². The van der Waals surface area contributed by atoms with Crippen molar-refractivity contribution in [1.82, 2.24) is 9.55 Å². The fraction of sp³-hybridized carbons (Fsp3) is 0.812. The van der Waals surface area contributed by atoms with Gasteiger partial charge in [0.2, 0.25) is 0 Å². The Morgan fingerprint density at radius 3 is 2.70 bits per heavy atom. The van der Waals surface area contributed by atoms with Crippen molar-refractivity contribution in [2.45, 2.75) is 58.1 Å². The summed E-state index contributed by atoms with van der Waals surface area (Å²) in [5, 5.41) is 0. The van der Waals surface area contributed by atoms with Gasteiger partial charge in [-0.2, -0.15) is 0 Å². The third-order valence-electron chi connectivity index (χ3n) is 4.78. The Balaban J connectivity index is 1.72. The van der Waals surface area contributed by atoms with Crippen LogP contribution in [0.4, 0.5) is 0 Å². The van der Waals surface area contributed by atoms with Crippen LogP contribution >= 0.6 is 0 Å². The highest BCUT2D eigenvalue weighted by atomic mass is 16.5. The first-order valence-corrected chi connectivity index (χ1v) is 7.95. The van der Waals surface area contributed by atoms with Gasteiger partial charge in [-0.25, -0.2) is 4.98 Å². The van der Waals surface area contributed by atoms with Gasteiger partial charge in [0.05, 0.1) is 11.9 Å². The summed E-state index contributed by atoms with van der Waals surface area (Å²) in [5.74, 6) is 1.64. The molecule has 4 nitrogen and oxygen atoms in total. The Hall–Kier alpha value is -0.870. The van der Waals surface area contributed by atoms with Crippen molar-refractivity contribution in [1.29, 1.82) is 0 Å². The van der Waals surface area contributed by atoms with Crippen LogP contribution < -0.4 is 5.73 Å². The lowest BCUT2D eigenvalue weighted by Crippen LogP contribution is -2.44. The number of hydrogen-bond acceptors (Lipinski definition) is 3. The van der Waals surface area contributed by atoms with Gasteiger partial charge in [-0.05, 0) is 43.9 Å². The third-order valence-corrected chi connectivity index (χ3v) is 4.78. The second-order valence-electron chi connectivity index (χ2n) is 6.47. The topological polar surface area (TPSA) is 53.1 Å². The van der Waals surface area contributed by atoms with E-state index in [1.54, 1.807) is 0 Å². The Morgan fingerprint density at radius 2 is 2.15 bits per heavy atom. The molecule has 20 heavy (non-hydrogen) atoms. The maximum absolute atomic E-state index is 6.19. The summed E-state index contributed by atoms with van der Waals surface area (Å²) >= 11 is 0. The average Bonchev–Trinajstić information content (AvgIpc) is 2.97. The maximum Gasteiger partial charge on any atom is 0.0945 e. The summed E-state index contributed by atoms with van der Waals surface area (Å²) in [4.78, 5) is 4.05. The van der Waals surface area contributed by atoms with E-state index in [1.807, 2.05) is 18.7 Å². The van der Waals surface area contributed by atoms with Gasteiger partial charge >= 0.3 is 0 Å². The molecule has 1 aliphatic carbocycles. The number of ether oxygens (including phenoxy) is 1. The second kappa shape index (κ2) is 7.23. The van der Waals surface area contributed by atoms with Gasteiger partial charge in [-0.15, -0.1) is 0 Å². The maximum atomic E-state index is 6.19. The van der Waals surface area contributed by atoms with Crippen molar-refractivity contribution in [2.24, 2.45) is 17.6 Å². The largest absolute Gasteiger partial charge is 0.374 e. The van der Waals surface area contributed by atoms with E-state index in [9.17, 15) is 0 Å². The molecule has 0 unspecified atom stereocenters. The van der Waals surface area contributed by atoms with E-state index >= 15 is 0 Å². The molecule has 114 valence electrons. The number of imidazole rings is 1. The molecule has 1 aromatic heterocycles. The Bertz CT molecular complexity index is 367. The van der Waals surface area contributed by atoms with Crippen LogP contribution in [0.25, 0.3) is 0 Å². The van der Waals surface area contributed by atoms with E-state index in [0.29, 0.717) is 6.54 Å². The molecular weight excluding hydrogens is 250 g/mol. The van der Waals surface area contributed by atoms with Crippen LogP contribution in [-0.4, -0.2) is 28.3 Å². The fourth-order valence-electron chi connectivity index (χ4n) is 3.20. The van der Waals surface area contributed by atoms with Gasteiger partial charge in [0.25, 0.3) is 0 Å². The molecular formula is C16H29N3O. The van der Waals surface area contributed by atoms with Crippen molar-refractivity contribution in [3.8, 4) is 0 Å². The van der Waals surface area contributed by atoms with E-state index in [0.717, 1.165) is 44.2 Å². The molecule has 1 heterocycles. The highest BCUT2D eigenvalue weighted by Gasteiger charge is 2.35. The van der Waals surface area contributed by atoms with Crippen molar-refractivity contribution >= 4 is 0 Å². The first-order valence-electron chi connectivity index (χ1n) is 7.95. The standard InChI is InChI=1S/C16H29N3O/c1-14(2)15-4-6-16(12-17,7-5-15)20-11-3-9-19-10-8-18-13-19/h8,10,13-15H,3-7,9,11-12,17H2,1-2H3. The highest BCUT2D eigenvalue weighted by molar-refractivity contribution is 4.89. The van der Waals surface area contributed by atoms with Crippen molar-refractivity contribution in [2.75, 3.05) is 13.2 Å². The quantitative estimate of drug-likeness (QED) is 0.781. The monoisotopic (exact) mass is 279 g/mol. The Morgan fingerprint density at radius 1 is 1.40 bits per heavy atom. The summed E-state index contributed by atoms with van der Waals surface area (Å²) in [5.41, 5.74) is 5.94. The lowest BCUT2D eigenvalue weighted by molar-refractivity contribution is -0.0759.